The summed E-state index contributed by atoms with van der Waals surface area (Å²) in [5, 5.41) is 8.45. The van der Waals surface area contributed by atoms with Gasteiger partial charge in [0.2, 0.25) is 5.91 Å². The molecule has 2 aromatic heterocycles. The summed E-state index contributed by atoms with van der Waals surface area (Å²) in [7, 11) is 0. The van der Waals surface area contributed by atoms with E-state index >= 15 is 0 Å². The highest BCUT2D eigenvalue weighted by molar-refractivity contribution is 7.09. The zero-order valence-corrected chi connectivity index (χ0v) is 13.2. The van der Waals surface area contributed by atoms with Crippen LogP contribution in [0.1, 0.15) is 4.88 Å². The summed E-state index contributed by atoms with van der Waals surface area (Å²) in [4.78, 5) is 31.4. The predicted octanol–water partition coefficient (Wildman–Crippen LogP) is 1.76. The molecule has 0 aliphatic rings. The summed E-state index contributed by atoms with van der Waals surface area (Å²) in [5.74, 6) is -0.125. The lowest BCUT2D eigenvalue weighted by Gasteiger charge is -2.07. The molecule has 0 radical (unpaired) electrons. The molecule has 0 atom stereocenters. The summed E-state index contributed by atoms with van der Waals surface area (Å²) in [6.45, 7) is 0.995. The molecule has 1 amide bonds. The summed E-state index contributed by atoms with van der Waals surface area (Å²) in [6.07, 6.45) is 2.26. The van der Waals surface area contributed by atoms with Crippen LogP contribution in [0.5, 0.6) is 0 Å². The minimum absolute atomic E-state index is 0.125. The van der Waals surface area contributed by atoms with Crippen molar-refractivity contribution < 1.29 is 4.79 Å². The topological polar surface area (TPSA) is 86.9 Å². The monoisotopic (exact) mass is 328 g/mol. The highest BCUT2D eigenvalue weighted by Crippen LogP contribution is 2.13. The second-order valence-corrected chi connectivity index (χ2v) is 6.05. The van der Waals surface area contributed by atoms with Crippen molar-refractivity contribution in [3.8, 4) is 0 Å². The Morgan fingerprint density at radius 2 is 2.22 bits per heavy atom. The lowest BCUT2D eigenvalue weighted by molar-refractivity contribution is -0.115. The smallest absolute Gasteiger partial charge is 0.258 e. The molecule has 0 aliphatic heterocycles. The largest absolute Gasteiger partial charge is 0.325 e. The van der Waals surface area contributed by atoms with Crippen LogP contribution in [0.25, 0.3) is 10.9 Å². The highest BCUT2D eigenvalue weighted by atomic mass is 32.1. The first kappa shape index (κ1) is 15.4. The Kier molecular flexibility index (Phi) is 4.80. The van der Waals surface area contributed by atoms with E-state index in [1.807, 2.05) is 11.4 Å². The minimum Gasteiger partial charge on any atom is -0.325 e. The molecular weight excluding hydrogens is 312 g/mol. The zero-order valence-electron chi connectivity index (χ0n) is 12.3. The van der Waals surface area contributed by atoms with Crippen molar-refractivity contribution in [2.75, 3.05) is 18.4 Å². The highest BCUT2D eigenvalue weighted by Gasteiger charge is 2.05. The molecule has 0 bridgehead atoms. The second kappa shape index (κ2) is 7.17. The number of hydrogen-bond donors (Lipinski definition) is 3. The van der Waals surface area contributed by atoms with Gasteiger partial charge in [-0.15, -0.1) is 11.3 Å². The Bertz CT molecular complexity index is 858. The molecule has 0 aliphatic carbocycles. The van der Waals surface area contributed by atoms with Crippen molar-refractivity contribution in [3.63, 3.8) is 0 Å². The number of amides is 1. The van der Waals surface area contributed by atoms with Crippen LogP contribution in [0.4, 0.5) is 5.69 Å². The Morgan fingerprint density at radius 3 is 3.04 bits per heavy atom. The molecule has 3 rings (SSSR count). The van der Waals surface area contributed by atoms with E-state index in [2.05, 4.69) is 26.7 Å². The van der Waals surface area contributed by atoms with E-state index in [-0.39, 0.29) is 18.0 Å². The van der Waals surface area contributed by atoms with E-state index < -0.39 is 0 Å². The fourth-order valence-corrected chi connectivity index (χ4v) is 2.93. The van der Waals surface area contributed by atoms with E-state index in [0.717, 1.165) is 13.0 Å². The minimum atomic E-state index is -0.192. The number of hydrogen-bond acceptors (Lipinski definition) is 5. The first-order valence-electron chi connectivity index (χ1n) is 7.23. The Labute approximate surface area is 136 Å². The van der Waals surface area contributed by atoms with Gasteiger partial charge in [-0.25, -0.2) is 4.98 Å². The number of thiophene rings is 1. The molecule has 1 aromatic carbocycles. The van der Waals surface area contributed by atoms with Crippen molar-refractivity contribution in [1.82, 2.24) is 15.3 Å². The van der Waals surface area contributed by atoms with Crippen LogP contribution in [0, 0.1) is 0 Å². The van der Waals surface area contributed by atoms with Gasteiger partial charge in [-0.2, -0.15) is 0 Å². The van der Waals surface area contributed by atoms with E-state index in [0.29, 0.717) is 16.6 Å². The number of aromatic amines is 1. The van der Waals surface area contributed by atoms with Gasteiger partial charge in [-0.05, 0) is 36.1 Å². The number of carbonyl (C=O) groups is 1. The number of aromatic nitrogens is 2. The zero-order chi connectivity index (χ0) is 16.1. The maximum absolute atomic E-state index is 11.9. The van der Waals surface area contributed by atoms with E-state index in [1.54, 1.807) is 29.5 Å². The molecule has 0 saturated heterocycles. The molecular formula is C16H16N4O2S. The van der Waals surface area contributed by atoms with Crippen molar-refractivity contribution >= 4 is 33.8 Å². The van der Waals surface area contributed by atoms with Crippen molar-refractivity contribution in [1.29, 1.82) is 0 Å². The maximum atomic E-state index is 11.9. The van der Waals surface area contributed by atoms with Crippen LogP contribution >= 0.6 is 11.3 Å². The van der Waals surface area contributed by atoms with Gasteiger partial charge in [0, 0.05) is 17.1 Å². The third-order valence-electron chi connectivity index (χ3n) is 3.34. The van der Waals surface area contributed by atoms with Gasteiger partial charge in [0.15, 0.2) is 0 Å². The first-order valence-corrected chi connectivity index (χ1v) is 8.11. The van der Waals surface area contributed by atoms with Crippen LogP contribution in [-0.4, -0.2) is 29.0 Å². The molecule has 3 N–H and O–H groups in total. The lowest BCUT2D eigenvalue weighted by Crippen LogP contribution is -2.29. The average Bonchev–Trinajstić information content (AvgIpc) is 3.05. The number of anilines is 1. The molecule has 23 heavy (non-hydrogen) atoms. The number of benzene rings is 1. The SMILES string of the molecule is O=C(CNCCc1cccs1)Nc1ccc2c(=O)[nH]cnc2c1. The van der Waals surface area contributed by atoms with Crippen molar-refractivity contribution in [3.05, 3.63) is 57.3 Å². The number of fused-ring (bicyclic) bond motifs is 1. The Balaban J connectivity index is 1.52. The maximum Gasteiger partial charge on any atom is 0.258 e. The average molecular weight is 328 g/mol. The molecule has 3 aromatic rings. The normalized spacial score (nSPS) is 10.8. The van der Waals surface area contributed by atoms with Gasteiger partial charge in [-0.3, -0.25) is 9.59 Å². The van der Waals surface area contributed by atoms with E-state index in [9.17, 15) is 9.59 Å². The standard InChI is InChI=1S/C16H16N4O2S/c21-15(9-17-6-5-12-2-1-7-23-12)20-11-3-4-13-14(8-11)18-10-19-16(13)22/h1-4,7-8,10,17H,5-6,9H2,(H,20,21)(H,18,19,22). The molecule has 0 unspecified atom stereocenters. The molecule has 0 fully saturated rings. The van der Waals surface area contributed by atoms with Crippen molar-refractivity contribution in [2.24, 2.45) is 0 Å². The van der Waals surface area contributed by atoms with Gasteiger partial charge in [0.25, 0.3) is 5.56 Å². The fourth-order valence-electron chi connectivity index (χ4n) is 2.22. The summed E-state index contributed by atoms with van der Waals surface area (Å²) >= 11 is 1.71. The van der Waals surface area contributed by atoms with Crippen LogP contribution in [-0.2, 0) is 11.2 Å². The molecule has 6 nitrogen and oxygen atoms in total. The lowest BCUT2D eigenvalue weighted by atomic mass is 10.2. The van der Waals surface area contributed by atoms with E-state index in [4.69, 9.17) is 0 Å². The van der Waals surface area contributed by atoms with Gasteiger partial charge in [0.1, 0.15) is 0 Å². The summed E-state index contributed by atoms with van der Waals surface area (Å²) in [6, 6.07) is 9.14. The third kappa shape index (κ3) is 4.02. The van der Waals surface area contributed by atoms with Crippen molar-refractivity contribution in [2.45, 2.75) is 6.42 Å². The van der Waals surface area contributed by atoms with E-state index in [1.165, 1.54) is 11.2 Å². The van der Waals surface area contributed by atoms with Crippen LogP contribution < -0.4 is 16.2 Å². The van der Waals surface area contributed by atoms with Gasteiger partial charge in [0.05, 0.1) is 23.8 Å². The third-order valence-corrected chi connectivity index (χ3v) is 4.28. The summed E-state index contributed by atoms with van der Waals surface area (Å²) in [5.41, 5.74) is 0.987. The molecule has 118 valence electrons. The van der Waals surface area contributed by atoms with Crippen LogP contribution in [0.15, 0.2) is 46.8 Å². The molecule has 0 saturated carbocycles. The van der Waals surface area contributed by atoms with Crippen LogP contribution in [0.2, 0.25) is 0 Å². The molecule has 0 spiro atoms. The van der Waals surface area contributed by atoms with Crippen LogP contribution in [0.3, 0.4) is 0 Å². The second-order valence-electron chi connectivity index (χ2n) is 5.02. The number of nitrogens with one attached hydrogen (secondary N) is 3. The Morgan fingerprint density at radius 1 is 1.30 bits per heavy atom. The molecule has 2 heterocycles. The number of H-pyrrole nitrogens is 1. The summed E-state index contributed by atoms with van der Waals surface area (Å²) < 4.78 is 0. The predicted molar refractivity (Wildman–Crippen MR) is 91.9 cm³/mol. The first-order chi connectivity index (χ1) is 11.2. The van der Waals surface area contributed by atoms with Gasteiger partial charge in [-0.1, -0.05) is 6.07 Å². The fraction of sp³-hybridized carbons (Fsp3) is 0.188. The van der Waals surface area contributed by atoms with Gasteiger partial charge >= 0.3 is 0 Å². The number of nitrogens with zero attached hydrogens (tertiary/aromatic N) is 1. The number of rotatable bonds is 6. The molecule has 7 heteroatoms. The Hall–Kier alpha value is -2.51. The quantitative estimate of drug-likeness (QED) is 0.602. The van der Waals surface area contributed by atoms with Gasteiger partial charge < -0.3 is 15.6 Å². The number of carbonyl (C=O) groups excluding carboxylic acids is 1.